The molecule has 0 aromatic heterocycles. The molecule has 1 aliphatic carbocycles. The predicted octanol–water partition coefficient (Wildman–Crippen LogP) is 3.23. The molecule has 1 aromatic carbocycles. The Bertz CT molecular complexity index is 384. The smallest absolute Gasteiger partial charge is 0.0784 e. The van der Waals surface area contributed by atoms with Crippen LogP contribution in [0.4, 0.5) is 0 Å². The van der Waals surface area contributed by atoms with Gasteiger partial charge in [0.1, 0.15) is 0 Å². The molecule has 1 aromatic rings. The number of hydrogen-bond donors (Lipinski definition) is 2. The summed E-state index contributed by atoms with van der Waals surface area (Å²) in [7, 11) is 0. The second-order valence-corrected chi connectivity index (χ2v) is 7.48. The van der Waals surface area contributed by atoms with Crippen molar-refractivity contribution < 1.29 is 5.11 Å². The minimum Gasteiger partial charge on any atom is -0.391 e. The SMILES string of the molecule is CC1CCCC(SCC(O)C(N)Cc2ccccc2)C1. The van der Waals surface area contributed by atoms with Crippen molar-refractivity contribution in [3.8, 4) is 0 Å². The highest BCUT2D eigenvalue weighted by Crippen LogP contribution is 2.32. The van der Waals surface area contributed by atoms with E-state index in [1.54, 1.807) is 0 Å². The first-order valence-corrected chi connectivity index (χ1v) is 8.79. The number of aliphatic hydroxyl groups is 1. The van der Waals surface area contributed by atoms with Gasteiger partial charge < -0.3 is 10.8 Å². The Morgan fingerprint density at radius 1 is 1.30 bits per heavy atom. The Balaban J connectivity index is 1.72. The topological polar surface area (TPSA) is 46.2 Å². The van der Waals surface area contributed by atoms with E-state index in [-0.39, 0.29) is 6.04 Å². The van der Waals surface area contributed by atoms with Crippen molar-refractivity contribution >= 4 is 11.8 Å². The molecule has 0 radical (unpaired) electrons. The molecule has 3 heteroatoms. The van der Waals surface area contributed by atoms with Gasteiger partial charge in [0.05, 0.1) is 6.10 Å². The molecule has 2 nitrogen and oxygen atoms in total. The lowest BCUT2D eigenvalue weighted by molar-refractivity contribution is 0.167. The largest absolute Gasteiger partial charge is 0.391 e. The van der Waals surface area contributed by atoms with E-state index >= 15 is 0 Å². The van der Waals surface area contributed by atoms with Crippen LogP contribution in [0.25, 0.3) is 0 Å². The van der Waals surface area contributed by atoms with Crippen molar-refractivity contribution in [1.29, 1.82) is 0 Å². The molecule has 0 bridgehead atoms. The summed E-state index contributed by atoms with van der Waals surface area (Å²) in [6, 6.07) is 10.0. The van der Waals surface area contributed by atoms with Gasteiger partial charge in [-0.3, -0.25) is 0 Å². The van der Waals surface area contributed by atoms with E-state index < -0.39 is 6.10 Å². The van der Waals surface area contributed by atoms with Crippen molar-refractivity contribution in [2.45, 2.75) is 56.4 Å². The molecule has 0 aliphatic heterocycles. The summed E-state index contributed by atoms with van der Waals surface area (Å²) in [6.07, 6.45) is 5.65. The molecule has 1 fully saturated rings. The van der Waals surface area contributed by atoms with Crippen molar-refractivity contribution in [3.05, 3.63) is 35.9 Å². The van der Waals surface area contributed by atoms with E-state index in [0.29, 0.717) is 0 Å². The molecule has 2 rings (SSSR count). The van der Waals surface area contributed by atoms with Gasteiger partial charge in [-0.15, -0.1) is 0 Å². The second-order valence-electron chi connectivity index (χ2n) is 6.15. The highest BCUT2D eigenvalue weighted by atomic mass is 32.2. The number of thioether (sulfide) groups is 1. The minimum atomic E-state index is -0.405. The van der Waals surface area contributed by atoms with Crippen molar-refractivity contribution in [3.63, 3.8) is 0 Å². The summed E-state index contributed by atoms with van der Waals surface area (Å²) in [5.74, 6) is 1.61. The first kappa shape index (κ1) is 15.9. The monoisotopic (exact) mass is 293 g/mol. The fourth-order valence-electron chi connectivity index (χ4n) is 2.91. The number of hydrogen-bond acceptors (Lipinski definition) is 3. The summed E-state index contributed by atoms with van der Waals surface area (Å²) >= 11 is 1.92. The fourth-order valence-corrected chi connectivity index (χ4v) is 4.42. The zero-order chi connectivity index (χ0) is 14.4. The van der Waals surface area contributed by atoms with E-state index in [9.17, 15) is 5.11 Å². The van der Waals surface area contributed by atoms with Gasteiger partial charge in [-0.05, 0) is 30.7 Å². The number of benzene rings is 1. The quantitative estimate of drug-likeness (QED) is 0.846. The van der Waals surface area contributed by atoms with E-state index in [2.05, 4.69) is 19.1 Å². The highest BCUT2D eigenvalue weighted by molar-refractivity contribution is 7.99. The summed E-state index contributed by atoms with van der Waals surface area (Å²) in [6.45, 7) is 2.34. The summed E-state index contributed by atoms with van der Waals surface area (Å²) in [4.78, 5) is 0. The third-order valence-electron chi connectivity index (χ3n) is 4.20. The molecule has 1 saturated carbocycles. The van der Waals surface area contributed by atoms with E-state index in [4.69, 9.17) is 5.73 Å². The molecule has 4 atom stereocenters. The van der Waals surface area contributed by atoms with Gasteiger partial charge in [0.25, 0.3) is 0 Å². The number of aliphatic hydroxyl groups excluding tert-OH is 1. The lowest BCUT2D eigenvalue weighted by Crippen LogP contribution is -2.38. The number of rotatable bonds is 6. The predicted molar refractivity (Wildman–Crippen MR) is 88.0 cm³/mol. The maximum atomic E-state index is 10.2. The maximum Gasteiger partial charge on any atom is 0.0784 e. The van der Waals surface area contributed by atoms with Crippen LogP contribution in [0.2, 0.25) is 0 Å². The first-order chi connectivity index (χ1) is 9.65. The molecule has 0 saturated heterocycles. The highest BCUT2D eigenvalue weighted by Gasteiger charge is 2.22. The Morgan fingerprint density at radius 3 is 2.75 bits per heavy atom. The molecule has 0 amide bonds. The van der Waals surface area contributed by atoms with Gasteiger partial charge in [0.15, 0.2) is 0 Å². The molecule has 4 unspecified atom stereocenters. The third-order valence-corrected chi connectivity index (χ3v) is 5.63. The second kappa shape index (κ2) is 8.06. The van der Waals surface area contributed by atoms with Crippen LogP contribution < -0.4 is 5.73 Å². The zero-order valence-corrected chi connectivity index (χ0v) is 13.2. The Kier molecular flexibility index (Phi) is 6.40. The van der Waals surface area contributed by atoms with Crippen LogP contribution in [-0.4, -0.2) is 28.3 Å². The summed E-state index contributed by atoms with van der Waals surface area (Å²) in [5.41, 5.74) is 7.33. The van der Waals surface area contributed by atoms with Gasteiger partial charge in [-0.2, -0.15) is 11.8 Å². The van der Waals surface area contributed by atoms with Crippen molar-refractivity contribution in [2.75, 3.05) is 5.75 Å². The maximum absolute atomic E-state index is 10.2. The van der Waals surface area contributed by atoms with E-state index in [0.717, 1.165) is 23.3 Å². The first-order valence-electron chi connectivity index (χ1n) is 7.74. The molecule has 0 heterocycles. The fraction of sp³-hybridized carbons (Fsp3) is 0.647. The zero-order valence-electron chi connectivity index (χ0n) is 12.4. The molecular weight excluding hydrogens is 266 g/mol. The number of nitrogens with two attached hydrogens (primary N) is 1. The molecular formula is C17H27NOS. The molecule has 1 aliphatic rings. The summed E-state index contributed by atoms with van der Waals surface area (Å²) < 4.78 is 0. The van der Waals surface area contributed by atoms with Crippen molar-refractivity contribution in [1.82, 2.24) is 0 Å². The summed E-state index contributed by atoms with van der Waals surface area (Å²) in [5, 5.41) is 10.9. The van der Waals surface area contributed by atoms with E-state index in [1.165, 1.54) is 31.2 Å². The Labute approximate surface area is 127 Å². The van der Waals surface area contributed by atoms with Crippen molar-refractivity contribution in [2.24, 2.45) is 11.7 Å². The normalized spacial score (nSPS) is 26.1. The van der Waals surface area contributed by atoms with Gasteiger partial charge >= 0.3 is 0 Å². The van der Waals surface area contributed by atoms with Crippen LogP contribution in [-0.2, 0) is 6.42 Å². The average Bonchev–Trinajstić information content (AvgIpc) is 2.46. The van der Waals surface area contributed by atoms with Crippen LogP contribution in [0.3, 0.4) is 0 Å². The van der Waals surface area contributed by atoms with E-state index in [1.807, 2.05) is 30.0 Å². The van der Waals surface area contributed by atoms with Crippen LogP contribution in [0.15, 0.2) is 30.3 Å². The molecule has 20 heavy (non-hydrogen) atoms. The Hall–Kier alpha value is -0.510. The van der Waals surface area contributed by atoms with Gasteiger partial charge in [-0.1, -0.05) is 50.1 Å². The van der Waals surface area contributed by atoms with Gasteiger partial charge in [0, 0.05) is 17.0 Å². The lowest BCUT2D eigenvalue weighted by Gasteiger charge is -2.28. The molecule has 3 N–H and O–H groups in total. The van der Waals surface area contributed by atoms with Crippen LogP contribution in [0.1, 0.15) is 38.2 Å². The molecule has 0 spiro atoms. The Morgan fingerprint density at radius 2 is 2.05 bits per heavy atom. The van der Waals surface area contributed by atoms with Crippen LogP contribution in [0.5, 0.6) is 0 Å². The van der Waals surface area contributed by atoms with Crippen LogP contribution >= 0.6 is 11.8 Å². The standard InChI is InChI=1S/C17H27NOS/c1-13-6-5-9-15(10-13)20-12-17(19)16(18)11-14-7-3-2-4-8-14/h2-4,7-8,13,15-17,19H,5-6,9-12,18H2,1H3. The molecule has 112 valence electrons. The van der Waals surface area contributed by atoms with Gasteiger partial charge in [-0.25, -0.2) is 0 Å². The lowest BCUT2D eigenvalue weighted by atomic mass is 9.91. The third kappa shape index (κ3) is 5.12. The van der Waals surface area contributed by atoms with Crippen LogP contribution in [0, 0.1) is 5.92 Å². The minimum absolute atomic E-state index is 0.161. The average molecular weight is 293 g/mol. The van der Waals surface area contributed by atoms with Gasteiger partial charge in [0.2, 0.25) is 0 Å².